The van der Waals surface area contributed by atoms with Gasteiger partial charge in [0.25, 0.3) is 0 Å². The average Bonchev–Trinajstić information content (AvgIpc) is 3.44. The van der Waals surface area contributed by atoms with Gasteiger partial charge in [-0.15, -0.1) is 16.4 Å². The van der Waals surface area contributed by atoms with E-state index in [0.29, 0.717) is 26.2 Å². The molecule has 4 rings (SSSR count). The van der Waals surface area contributed by atoms with Gasteiger partial charge in [0.2, 0.25) is 11.8 Å². The Hall–Kier alpha value is -3.08. The molecule has 0 N–H and O–H groups in total. The van der Waals surface area contributed by atoms with Crippen molar-refractivity contribution in [2.75, 3.05) is 26.2 Å². The van der Waals surface area contributed by atoms with Crippen LogP contribution in [0.2, 0.25) is 0 Å². The first kappa shape index (κ1) is 18.3. The van der Waals surface area contributed by atoms with Gasteiger partial charge < -0.3 is 14.2 Å². The molecule has 0 bridgehead atoms. The van der Waals surface area contributed by atoms with E-state index in [1.807, 2.05) is 24.4 Å². The summed E-state index contributed by atoms with van der Waals surface area (Å²) in [6, 6.07) is 3.77. The maximum absolute atomic E-state index is 12.6. The summed E-state index contributed by atoms with van der Waals surface area (Å²) in [6.07, 6.45) is 1.65. The van der Waals surface area contributed by atoms with Crippen molar-refractivity contribution in [3.05, 3.63) is 35.3 Å². The van der Waals surface area contributed by atoms with Gasteiger partial charge in [-0.05, 0) is 29.5 Å². The number of hydrogen-bond donors (Lipinski definition) is 0. The minimum atomic E-state index is -0.0581. The Morgan fingerprint density at radius 3 is 2.54 bits per heavy atom. The molecule has 0 radical (unpaired) electrons. The van der Waals surface area contributed by atoms with Crippen LogP contribution in [-0.2, 0) is 22.6 Å². The number of tetrazole rings is 1. The van der Waals surface area contributed by atoms with Crippen LogP contribution in [0.15, 0.2) is 28.3 Å². The molecule has 3 aromatic rings. The SMILES string of the molecule is Cc1ccc(-c2nc(CC(=O)N3CCN(C(=O)Cn4cnnn4)CC3)cs2)o1. The first-order valence-electron chi connectivity index (χ1n) is 8.86. The summed E-state index contributed by atoms with van der Waals surface area (Å²) in [6.45, 7) is 4.01. The molecule has 3 aromatic heterocycles. The lowest BCUT2D eigenvalue weighted by Crippen LogP contribution is -2.51. The maximum atomic E-state index is 12.6. The van der Waals surface area contributed by atoms with E-state index in [-0.39, 0.29) is 24.8 Å². The Labute approximate surface area is 164 Å². The Balaban J connectivity index is 1.28. The van der Waals surface area contributed by atoms with Crippen molar-refractivity contribution >= 4 is 23.2 Å². The van der Waals surface area contributed by atoms with Crippen molar-refractivity contribution in [1.82, 2.24) is 35.0 Å². The quantitative estimate of drug-likeness (QED) is 0.616. The molecule has 2 amide bonds. The Kier molecular flexibility index (Phi) is 5.15. The number of piperazine rings is 1. The summed E-state index contributed by atoms with van der Waals surface area (Å²) in [5.74, 6) is 1.50. The van der Waals surface area contributed by atoms with E-state index in [2.05, 4.69) is 20.5 Å². The van der Waals surface area contributed by atoms with Crippen molar-refractivity contribution in [3.8, 4) is 10.8 Å². The summed E-state index contributed by atoms with van der Waals surface area (Å²) in [7, 11) is 0. The molecular weight excluding hydrogens is 382 g/mol. The van der Waals surface area contributed by atoms with E-state index in [1.54, 1.807) is 9.80 Å². The number of nitrogens with zero attached hydrogens (tertiary/aromatic N) is 7. The predicted octanol–water partition coefficient (Wildman–Crippen LogP) is 0.612. The lowest BCUT2D eigenvalue weighted by Gasteiger charge is -2.34. The molecule has 0 aliphatic carbocycles. The van der Waals surface area contributed by atoms with Crippen LogP contribution >= 0.6 is 11.3 Å². The van der Waals surface area contributed by atoms with Crippen LogP contribution < -0.4 is 0 Å². The van der Waals surface area contributed by atoms with Crippen LogP contribution in [-0.4, -0.2) is 73.0 Å². The molecule has 11 heteroatoms. The lowest BCUT2D eigenvalue weighted by molar-refractivity contribution is -0.139. The van der Waals surface area contributed by atoms with Crippen LogP contribution in [0.3, 0.4) is 0 Å². The molecule has 10 nitrogen and oxygen atoms in total. The normalized spacial score (nSPS) is 14.5. The molecule has 0 spiro atoms. The second-order valence-electron chi connectivity index (χ2n) is 6.50. The fourth-order valence-corrected chi connectivity index (χ4v) is 3.79. The molecule has 28 heavy (non-hydrogen) atoms. The molecule has 146 valence electrons. The number of hydrogen-bond acceptors (Lipinski definition) is 8. The summed E-state index contributed by atoms with van der Waals surface area (Å²) in [5.41, 5.74) is 0.733. The van der Waals surface area contributed by atoms with Gasteiger partial charge >= 0.3 is 0 Å². The smallest absolute Gasteiger partial charge is 0.244 e. The fourth-order valence-electron chi connectivity index (χ4n) is 3.01. The maximum Gasteiger partial charge on any atom is 0.244 e. The first-order chi connectivity index (χ1) is 13.6. The van der Waals surface area contributed by atoms with Crippen LogP contribution in [0, 0.1) is 6.92 Å². The topological polar surface area (TPSA) is 110 Å². The highest BCUT2D eigenvalue weighted by molar-refractivity contribution is 7.13. The zero-order chi connectivity index (χ0) is 19.5. The molecule has 1 aliphatic heterocycles. The average molecular weight is 401 g/mol. The van der Waals surface area contributed by atoms with E-state index >= 15 is 0 Å². The Bertz CT molecular complexity index is 957. The number of thiazole rings is 1. The standard InChI is InChI=1S/C17H19N7O3S/c1-12-2-3-14(27-12)17-19-13(10-28-17)8-15(25)22-4-6-23(7-5-22)16(26)9-24-11-18-20-21-24/h2-3,10-11H,4-9H2,1H3. The highest BCUT2D eigenvalue weighted by Gasteiger charge is 2.25. The molecule has 0 saturated carbocycles. The molecule has 4 heterocycles. The van der Waals surface area contributed by atoms with Gasteiger partial charge in [0.05, 0.1) is 12.1 Å². The van der Waals surface area contributed by atoms with Crippen molar-refractivity contribution in [2.45, 2.75) is 19.9 Å². The number of aromatic nitrogens is 5. The zero-order valence-corrected chi connectivity index (χ0v) is 16.1. The summed E-state index contributed by atoms with van der Waals surface area (Å²) in [5, 5.41) is 13.4. The van der Waals surface area contributed by atoms with Gasteiger partial charge in [-0.3, -0.25) is 9.59 Å². The Morgan fingerprint density at radius 1 is 1.14 bits per heavy atom. The third kappa shape index (κ3) is 4.09. The third-order valence-electron chi connectivity index (χ3n) is 4.51. The second kappa shape index (κ2) is 7.89. The molecule has 0 unspecified atom stereocenters. The number of furan rings is 1. The third-order valence-corrected chi connectivity index (χ3v) is 5.41. The van der Waals surface area contributed by atoms with Gasteiger partial charge in [-0.1, -0.05) is 0 Å². The van der Waals surface area contributed by atoms with E-state index in [9.17, 15) is 9.59 Å². The lowest BCUT2D eigenvalue weighted by atomic mass is 10.2. The molecule has 1 aliphatic rings. The van der Waals surface area contributed by atoms with E-state index in [1.165, 1.54) is 22.3 Å². The van der Waals surface area contributed by atoms with E-state index in [0.717, 1.165) is 22.2 Å². The highest BCUT2D eigenvalue weighted by Crippen LogP contribution is 2.25. The fraction of sp³-hybridized carbons (Fsp3) is 0.412. The Morgan fingerprint density at radius 2 is 1.89 bits per heavy atom. The van der Waals surface area contributed by atoms with Gasteiger partial charge in [0.15, 0.2) is 10.8 Å². The first-order valence-corrected chi connectivity index (χ1v) is 9.74. The number of amides is 2. The van der Waals surface area contributed by atoms with Crippen molar-refractivity contribution < 1.29 is 14.0 Å². The van der Waals surface area contributed by atoms with Gasteiger partial charge in [-0.2, -0.15) is 0 Å². The molecule has 0 atom stereocenters. The minimum absolute atomic E-state index is 0.0139. The summed E-state index contributed by atoms with van der Waals surface area (Å²) in [4.78, 5) is 32.9. The van der Waals surface area contributed by atoms with Gasteiger partial charge in [0.1, 0.15) is 18.6 Å². The molecule has 1 fully saturated rings. The largest absolute Gasteiger partial charge is 0.459 e. The second-order valence-corrected chi connectivity index (χ2v) is 7.36. The summed E-state index contributed by atoms with van der Waals surface area (Å²) < 4.78 is 6.97. The summed E-state index contributed by atoms with van der Waals surface area (Å²) >= 11 is 1.46. The predicted molar refractivity (Wildman–Crippen MR) is 99.2 cm³/mol. The molecule has 1 saturated heterocycles. The van der Waals surface area contributed by atoms with E-state index < -0.39 is 0 Å². The minimum Gasteiger partial charge on any atom is -0.459 e. The number of rotatable bonds is 5. The van der Waals surface area contributed by atoms with Crippen LogP contribution in [0.5, 0.6) is 0 Å². The number of aryl methyl sites for hydroxylation is 1. The highest BCUT2D eigenvalue weighted by atomic mass is 32.1. The van der Waals surface area contributed by atoms with Crippen LogP contribution in [0.4, 0.5) is 0 Å². The zero-order valence-electron chi connectivity index (χ0n) is 15.3. The van der Waals surface area contributed by atoms with Crippen LogP contribution in [0.1, 0.15) is 11.5 Å². The van der Waals surface area contributed by atoms with Crippen molar-refractivity contribution in [1.29, 1.82) is 0 Å². The number of carbonyl (C=O) groups excluding carboxylic acids is 2. The van der Waals surface area contributed by atoms with Gasteiger partial charge in [0, 0.05) is 31.6 Å². The van der Waals surface area contributed by atoms with Crippen LogP contribution in [0.25, 0.3) is 10.8 Å². The number of carbonyl (C=O) groups is 2. The van der Waals surface area contributed by atoms with Crippen molar-refractivity contribution in [3.63, 3.8) is 0 Å². The monoisotopic (exact) mass is 401 g/mol. The molecule has 0 aromatic carbocycles. The van der Waals surface area contributed by atoms with Crippen molar-refractivity contribution in [2.24, 2.45) is 0 Å². The van der Waals surface area contributed by atoms with Gasteiger partial charge in [-0.25, -0.2) is 9.67 Å². The molecular formula is C17H19N7O3S. The van der Waals surface area contributed by atoms with E-state index in [4.69, 9.17) is 4.42 Å².